The third-order valence-corrected chi connectivity index (χ3v) is 17.3. The second-order valence-electron chi connectivity index (χ2n) is 20.9. The highest BCUT2D eigenvalue weighted by molar-refractivity contribution is 6.24. The first kappa shape index (κ1) is 41.6. The van der Waals surface area contributed by atoms with Gasteiger partial charge in [-0.05, 0) is 168 Å². The highest BCUT2D eigenvalue weighted by atomic mass is 15.0. The molecule has 1 aromatic heterocycles. The molecule has 1 nitrogen and oxygen atoms in total. The second-order valence-corrected chi connectivity index (χ2v) is 20.9. The second kappa shape index (κ2) is 15.6. The summed E-state index contributed by atoms with van der Waals surface area (Å²) in [5.74, 6) is 0. The molecular weight excluding hydrogens is 915 g/mol. The molecule has 0 aliphatic heterocycles. The largest absolute Gasteiger partial charge is 0.309 e. The molecule has 1 spiro atoms. The van der Waals surface area contributed by atoms with Crippen molar-refractivity contribution in [2.45, 2.75) is 5.41 Å². The zero-order valence-corrected chi connectivity index (χ0v) is 41.4. The van der Waals surface area contributed by atoms with Crippen LogP contribution in [0, 0.1) is 0 Å². The summed E-state index contributed by atoms with van der Waals surface area (Å²) >= 11 is 0. The Morgan fingerprint density at radius 3 is 1.37 bits per heavy atom. The number of para-hydroxylation sites is 2. The fraction of sp³-hybridized carbons (Fsp3) is 0.0133. The Hall–Kier alpha value is -9.82. The van der Waals surface area contributed by atoms with Crippen molar-refractivity contribution >= 4 is 75.7 Å². The third kappa shape index (κ3) is 5.48. The van der Waals surface area contributed by atoms with Gasteiger partial charge in [-0.25, -0.2) is 0 Å². The molecular formula is C75H45N. The highest BCUT2D eigenvalue weighted by Gasteiger charge is 2.53. The zero-order valence-electron chi connectivity index (χ0n) is 41.4. The third-order valence-electron chi connectivity index (χ3n) is 17.3. The molecule has 0 N–H and O–H groups in total. The van der Waals surface area contributed by atoms with Gasteiger partial charge in [0.05, 0.1) is 16.4 Å². The molecule has 0 atom stereocenters. The van der Waals surface area contributed by atoms with Crippen LogP contribution in [0.1, 0.15) is 22.3 Å². The first-order chi connectivity index (χ1) is 37.7. The molecule has 0 fully saturated rings. The number of hydrogen-bond acceptors (Lipinski definition) is 0. The lowest BCUT2D eigenvalue weighted by atomic mass is 9.68. The van der Waals surface area contributed by atoms with Crippen LogP contribution in [0.3, 0.4) is 0 Å². The summed E-state index contributed by atoms with van der Waals surface area (Å²) < 4.78 is 2.40. The predicted octanol–water partition coefficient (Wildman–Crippen LogP) is 19.9. The van der Waals surface area contributed by atoms with E-state index in [0.29, 0.717) is 0 Å². The van der Waals surface area contributed by atoms with Crippen LogP contribution in [-0.2, 0) is 5.41 Å². The van der Waals surface area contributed by atoms with Crippen LogP contribution in [0.5, 0.6) is 0 Å². The Labute approximate surface area is 439 Å². The Kier molecular flexibility index (Phi) is 8.55. The summed E-state index contributed by atoms with van der Waals surface area (Å²) in [6, 6.07) is 103. The minimum atomic E-state index is -0.499. The maximum absolute atomic E-state index is 2.43. The molecule has 350 valence electrons. The molecule has 0 radical (unpaired) electrons. The summed E-state index contributed by atoms with van der Waals surface area (Å²) in [6.45, 7) is 0. The van der Waals surface area contributed by atoms with Crippen LogP contribution in [0.25, 0.3) is 137 Å². The van der Waals surface area contributed by atoms with Crippen LogP contribution < -0.4 is 0 Å². The van der Waals surface area contributed by atoms with Gasteiger partial charge in [-0.3, -0.25) is 0 Å². The van der Waals surface area contributed by atoms with Gasteiger partial charge in [-0.15, -0.1) is 0 Å². The molecule has 0 saturated heterocycles. The standard InChI is InChI=1S/C75H45N/c1-2-18-51(19-3-1)76-68-33-17-14-24-57(68)65-45-50(40-43-69(65)76)71-61-28-9-7-26-59(61)70(60-27-8-10-29-62(60)71)47-36-34-46(35-37-47)48-38-41-52-49(44-48)39-42-64-72-58-25-6-4-20-53(58)54-21-5-11-30-63(54)74(72)75(73(52)64)66-31-15-12-22-55(66)56-23-13-16-32-67(56)75/h1-45H. The lowest BCUT2D eigenvalue weighted by Crippen LogP contribution is -2.26. The Bertz CT molecular complexity index is 4870. The zero-order chi connectivity index (χ0) is 49.6. The molecule has 76 heavy (non-hydrogen) atoms. The van der Waals surface area contributed by atoms with Crippen molar-refractivity contribution in [2.24, 2.45) is 0 Å². The quantitative estimate of drug-likeness (QED) is 0.122. The average molecular weight is 960 g/mol. The van der Waals surface area contributed by atoms with E-state index in [1.165, 1.54) is 159 Å². The van der Waals surface area contributed by atoms with Crippen LogP contribution in [-0.4, -0.2) is 4.57 Å². The molecule has 1 heterocycles. The van der Waals surface area contributed by atoms with E-state index in [9.17, 15) is 0 Å². The maximum atomic E-state index is 2.43. The van der Waals surface area contributed by atoms with E-state index in [2.05, 4.69) is 278 Å². The first-order valence-corrected chi connectivity index (χ1v) is 26.6. The number of rotatable bonds is 4. The smallest absolute Gasteiger partial charge is 0.0737 e. The molecule has 2 aliphatic carbocycles. The topological polar surface area (TPSA) is 4.93 Å². The van der Waals surface area contributed by atoms with Crippen molar-refractivity contribution in [2.75, 3.05) is 0 Å². The van der Waals surface area contributed by atoms with E-state index in [4.69, 9.17) is 0 Å². The van der Waals surface area contributed by atoms with Gasteiger partial charge in [0.25, 0.3) is 0 Å². The molecule has 0 amide bonds. The van der Waals surface area contributed by atoms with Gasteiger partial charge in [0, 0.05) is 16.5 Å². The van der Waals surface area contributed by atoms with E-state index in [1.54, 1.807) is 0 Å². The van der Waals surface area contributed by atoms with E-state index in [1.807, 2.05) is 0 Å². The minimum absolute atomic E-state index is 0.499. The van der Waals surface area contributed by atoms with Gasteiger partial charge in [-0.1, -0.05) is 237 Å². The molecule has 2 aliphatic rings. The predicted molar refractivity (Wildman–Crippen MR) is 321 cm³/mol. The van der Waals surface area contributed by atoms with E-state index in [0.717, 1.165) is 0 Å². The molecule has 14 aromatic carbocycles. The van der Waals surface area contributed by atoms with Crippen molar-refractivity contribution in [1.82, 2.24) is 4.57 Å². The van der Waals surface area contributed by atoms with Crippen molar-refractivity contribution in [3.63, 3.8) is 0 Å². The Morgan fingerprint density at radius 1 is 0.237 bits per heavy atom. The van der Waals surface area contributed by atoms with Crippen molar-refractivity contribution in [3.8, 4) is 61.3 Å². The highest BCUT2D eigenvalue weighted by Crippen LogP contribution is 2.66. The van der Waals surface area contributed by atoms with E-state index >= 15 is 0 Å². The number of fused-ring (bicyclic) bond motifs is 22. The summed E-state index contributed by atoms with van der Waals surface area (Å²) in [4.78, 5) is 0. The first-order valence-electron chi connectivity index (χ1n) is 26.6. The molecule has 1 heteroatoms. The number of aromatic nitrogens is 1. The summed E-state index contributed by atoms with van der Waals surface area (Å²) in [7, 11) is 0. The average Bonchev–Trinajstić information content (AvgIpc) is 4.30. The summed E-state index contributed by atoms with van der Waals surface area (Å²) in [5.41, 5.74) is 21.3. The minimum Gasteiger partial charge on any atom is -0.309 e. The fourth-order valence-corrected chi connectivity index (χ4v) is 14.4. The normalized spacial score (nSPS) is 13.1. The number of hydrogen-bond donors (Lipinski definition) is 0. The molecule has 15 aromatic rings. The van der Waals surface area contributed by atoms with Crippen LogP contribution >= 0.6 is 0 Å². The number of benzene rings is 14. The van der Waals surface area contributed by atoms with Crippen molar-refractivity contribution < 1.29 is 0 Å². The molecule has 0 bridgehead atoms. The van der Waals surface area contributed by atoms with Gasteiger partial charge >= 0.3 is 0 Å². The Morgan fingerprint density at radius 2 is 0.711 bits per heavy atom. The van der Waals surface area contributed by atoms with Gasteiger partial charge in [0.15, 0.2) is 0 Å². The maximum Gasteiger partial charge on any atom is 0.0737 e. The summed E-state index contributed by atoms with van der Waals surface area (Å²) in [5, 5.41) is 15.3. The lowest BCUT2D eigenvalue weighted by molar-refractivity contribution is 0.809. The van der Waals surface area contributed by atoms with Crippen molar-refractivity contribution in [1.29, 1.82) is 0 Å². The van der Waals surface area contributed by atoms with Crippen LogP contribution in [0.4, 0.5) is 0 Å². The van der Waals surface area contributed by atoms with Crippen LogP contribution in [0.2, 0.25) is 0 Å². The SMILES string of the molecule is c1ccc(-n2c3ccccc3c3cc(-c4c5ccccc5c(-c5ccc(-c6ccc7c8c(ccc7c6)-c6c(c7ccccc7c7ccccc67)C86c7ccccc7-c7ccccc76)cc5)c5ccccc45)ccc32)cc1. The van der Waals surface area contributed by atoms with Gasteiger partial charge in [-0.2, -0.15) is 0 Å². The van der Waals surface area contributed by atoms with Gasteiger partial charge < -0.3 is 4.57 Å². The summed E-state index contributed by atoms with van der Waals surface area (Å²) in [6.07, 6.45) is 0. The molecule has 0 unspecified atom stereocenters. The fourth-order valence-electron chi connectivity index (χ4n) is 14.4. The van der Waals surface area contributed by atoms with Crippen LogP contribution in [0.15, 0.2) is 273 Å². The molecule has 17 rings (SSSR count). The molecule has 0 saturated carbocycles. The van der Waals surface area contributed by atoms with E-state index in [-0.39, 0.29) is 0 Å². The van der Waals surface area contributed by atoms with E-state index < -0.39 is 5.41 Å². The van der Waals surface area contributed by atoms with Gasteiger partial charge in [0.2, 0.25) is 0 Å². The monoisotopic (exact) mass is 959 g/mol. The van der Waals surface area contributed by atoms with Crippen molar-refractivity contribution in [3.05, 3.63) is 295 Å². The Balaban J connectivity index is 0.823. The van der Waals surface area contributed by atoms with Gasteiger partial charge in [0.1, 0.15) is 0 Å². The number of nitrogens with zero attached hydrogens (tertiary/aromatic N) is 1. The lowest BCUT2D eigenvalue weighted by Gasteiger charge is -2.32.